The molecule has 0 aliphatic carbocycles. The van der Waals surface area contributed by atoms with Crippen LogP contribution in [0.15, 0.2) is 12.3 Å². The summed E-state index contributed by atoms with van der Waals surface area (Å²) >= 11 is 0. The van der Waals surface area contributed by atoms with Gasteiger partial charge in [0.15, 0.2) is 0 Å². The summed E-state index contributed by atoms with van der Waals surface area (Å²) in [7, 11) is 0. The molecule has 0 aromatic heterocycles. The average molecular weight is 115 g/mol. The predicted octanol–water partition coefficient (Wildman–Crippen LogP) is 0.633. The monoisotopic (exact) mass is 115 g/mol. The summed E-state index contributed by atoms with van der Waals surface area (Å²) in [6.07, 6.45) is 0. The van der Waals surface area contributed by atoms with Gasteiger partial charge in [-0.3, -0.25) is 0 Å². The highest BCUT2D eigenvalue weighted by Crippen LogP contribution is 2.03. The molecule has 0 spiro atoms. The lowest BCUT2D eigenvalue weighted by molar-refractivity contribution is -0.535. The van der Waals surface area contributed by atoms with Crippen LogP contribution in [0.5, 0.6) is 0 Å². The lowest BCUT2D eigenvalue weighted by atomic mass is 10.4. The quantitative estimate of drug-likeness (QED) is 0.390. The highest BCUT2D eigenvalue weighted by atomic mass is 16.6. The van der Waals surface area contributed by atoms with E-state index in [1.54, 1.807) is 6.92 Å². The van der Waals surface area contributed by atoms with Crippen molar-refractivity contribution in [2.24, 2.45) is 0 Å². The van der Waals surface area contributed by atoms with Crippen LogP contribution in [0.1, 0.15) is 20.8 Å². The molecule has 0 saturated carbocycles. The van der Waals surface area contributed by atoms with Crippen LogP contribution in [0.25, 0.3) is 0 Å². The second-order valence-electron chi connectivity index (χ2n) is 2.20. The van der Waals surface area contributed by atoms with Gasteiger partial charge < -0.3 is 9.84 Å². The van der Waals surface area contributed by atoms with Crippen molar-refractivity contribution >= 4 is 0 Å². The number of ether oxygens (including phenoxy) is 1. The van der Waals surface area contributed by atoms with Gasteiger partial charge in [0.05, 0.1) is 5.76 Å². The second-order valence-corrected chi connectivity index (χ2v) is 2.20. The molecule has 0 unspecified atom stereocenters. The third kappa shape index (κ3) is 5.50. The number of hydrogen-bond donors (Lipinski definition) is 0. The first-order valence-corrected chi connectivity index (χ1v) is 2.47. The van der Waals surface area contributed by atoms with Crippen LogP contribution in [0.2, 0.25) is 0 Å². The molecule has 0 bridgehead atoms. The van der Waals surface area contributed by atoms with Crippen molar-refractivity contribution in [3.05, 3.63) is 12.3 Å². The van der Waals surface area contributed by atoms with Crippen LogP contribution in [0.3, 0.4) is 0 Å². The largest absolute Gasteiger partial charge is 0.819 e. The Bertz CT molecular complexity index is 89.2. The number of allylic oxidation sites excluding steroid dienone is 1. The van der Waals surface area contributed by atoms with Crippen LogP contribution >= 0.6 is 0 Å². The van der Waals surface area contributed by atoms with Crippen LogP contribution in [0.4, 0.5) is 0 Å². The fourth-order valence-electron chi connectivity index (χ4n) is 0.420. The lowest BCUT2D eigenvalue weighted by Gasteiger charge is -2.32. The van der Waals surface area contributed by atoms with E-state index < -0.39 is 5.79 Å². The zero-order valence-corrected chi connectivity index (χ0v) is 5.52. The van der Waals surface area contributed by atoms with Crippen molar-refractivity contribution in [3.8, 4) is 0 Å². The zero-order valence-electron chi connectivity index (χ0n) is 5.52. The Labute approximate surface area is 49.8 Å². The number of hydrogen-bond acceptors (Lipinski definition) is 2. The van der Waals surface area contributed by atoms with Gasteiger partial charge in [0.2, 0.25) is 0 Å². The van der Waals surface area contributed by atoms with Crippen molar-refractivity contribution in [2.75, 3.05) is 0 Å². The summed E-state index contributed by atoms with van der Waals surface area (Å²) < 4.78 is 4.69. The van der Waals surface area contributed by atoms with Gasteiger partial charge in [-0.1, -0.05) is 6.58 Å². The molecule has 8 heavy (non-hydrogen) atoms. The zero-order chi connectivity index (χ0) is 6.78. The predicted molar refractivity (Wildman–Crippen MR) is 30.0 cm³/mol. The van der Waals surface area contributed by atoms with E-state index in [0.717, 1.165) is 0 Å². The molecule has 0 fully saturated rings. The van der Waals surface area contributed by atoms with Crippen LogP contribution in [-0.2, 0) is 4.74 Å². The molecular formula is C6H11O2-. The van der Waals surface area contributed by atoms with Crippen molar-refractivity contribution in [2.45, 2.75) is 26.6 Å². The summed E-state index contributed by atoms with van der Waals surface area (Å²) in [5.74, 6) is -0.865. The van der Waals surface area contributed by atoms with E-state index in [4.69, 9.17) is 0 Å². The van der Waals surface area contributed by atoms with Crippen LogP contribution < -0.4 is 5.11 Å². The standard InChI is InChI=1S/C6H11O2/c1-5(2)8-6(3,4)7/h1H2,2-4H3/q-1. The van der Waals surface area contributed by atoms with Gasteiger partial charge in [0.25, 0.3) is 0 Å². The van der Waals surface area contributed by atoms with Gasteiger partial charge in [0, 0.05) is 5.79 Å². The molecule has 0 heterocycles. The normalized spacial score (nSPS) is 11.0. The first kappa shape index (κ1) is 7.50. The summed E-state index contributed by atoms with van der Waals surface area (Å²) in [6, 6.07) is 0. The highest BCUT2D eigenvalue weighted by molar-refractivity contribution is 4.75. The Morgan fingerprint density at radius 2 is 2.00 bits per heavy atom. The van der Waals surface area contributed by atoms with E-state index in [1.807, 2.05) is 0 Å². The van der Waals surface area contributed by atoms with Gasteiger partial charge in [-0.2, -0.15) is 0 Å². The Morgan fingerprint density at radius 1 is 1.62 bits per heavy atom. The third-order valence-electron chi connectivity index (χ3n) is 0.420. The van der Waals surface area contributed by atoms with Crippen molar-refractivity contribution in [3.63, 3.8) is 0 Å². The van der Waals surface area contributed by atoms with Gasteiger partial charge in [-0.05, 0) is 20.8 Å². The van der Waals surface area contributed by atoms with E-state index in [0.29, 0.717) is 5.76 Å². The smallest absolute Gasteiger partial charge is 0.0844 e. The van der Waals surface area contributed by atoms with Crippen molar-refractivity contribution in [1.82, 2.24) is 0 Å². The molecule has 48 valence electrons. The Morgan fingerprint density at radius 3 is 2.00 bits per heavy atom. The molecule has 0 aliphatic heterocycles. The SMILES string of the molecule is C=C(C)OC(C)(C)[O-]. The molecule has 0 aromatic carbocycles. The van der Waals surface area contributed by atoms with E-state index in [2.05, 4.69) is 11.3 Å². The molecule has 0 saturated heterocycles. The topological polar surface area (TPSA) is 32.3 Å². The Kier molecular flexibility index (Phi) is 2.04. The van der Waals surface area contributed by atoms with Gasteiger partial charge in [-0.25, -0.2) is 0 Å². The molecule has 0 radical (unpaired) electrons. The van der Waals surface area contributed by atoms with E-state index >= 15 is 0 Å². The highest BCUT2D eigenvalue weighted by Gasteiger charge is 1.99. The first-order valence-electron chi connectivity index (χ1n) is 2.47. The van der Waals surface area contributed by atoms with Crippen LogP contribution in [-0.4, -0.2) is 5.79 Å². The molecule has 0 amide bonds. The maximum atomic E-state index is 10.6. The maximum absolute atomic E-state index is 10.6. The van der Waals surface area contributed by atoms with E-state index in [9.17, 15) is 5.11 Å². The molecule has 2 heteroatoms. The second kappa shape index (κ2) is 2.18. The summed E-state index contributed by atoms with van der Waals surface area (Å²) in [5.41, 5.74) is 0. The fourth-order valence-corrected chi connectivity index (χ4v) is 0.420. The van der Waals surface area contributed by atoms with Gasteiger partial charge in [0.1, 0.15) is 0 Å². The van der Waals surface area contributed by atoms with Crippen molar-refractivity contribution in [1.29, 1.82) is 0 Å². The van der Waals surface area contributed by atoms with Gasteiger partial charge in [-0.15, -0.1) is 0 Å². The van der Waals surface area contributed by atoms with Crippen molar-refractivity contribution < 1.29 is 9.84 Å². The minimum atomic E-state index is -1.33. The molecular weight excluding hydrogens is 104 g/mol. The Balaban J connectivity index is 3.55. The summed E-state index contributed by atoms with van der Waals surface area (Å²) in [5, 5.41) is 10.6. The minimum Gasteiger partial charge on any atom is -0.819 e. The van der Waals surface area contributed by atoms with E-state index in [-0.39, 0.29) is 0 Å². The lowest BCUT2D eigenvalue weighted by Crippen LogP contribution is -2.38. The molecule has 0 aromatic rings. The molecule has 2 nitrogen and oxygen atoms in total. The summed E-state index contributed by atoms with van der Waals surface area (Å²) in [6.45, 7) is 7.96. The molecule has 0 atom stereocenters. The van der Waals surface area contributed by atoms with Gasteiger partial charge >= 0.3 is 0 Å². The summed E-state index contributed by atoms with van der Waals surface area (Å²) in [4.78, 5) is 0. The Hall–Kier alpha value is -0.500. The average Bonchev–Trinajstić information content (AvgIpc) is 1.21. The van der Waals surface area contributed by atoms with E-state index in [1.165, 1.54) is 13.8 Å². The minimum absolute atomic E-state index is 0.463. The third-order valence-corrected chi connectivity index (χ3v) is 0.420. The van der Waals surface area contributed by atoms with Crippen LogP contribution in [0, 0.1) is 0 Å². The fraction of sp³-hybridized carbons (Fsp3) is 0.667. The molecule has 0 aliphatic rings. The molecule has 0 rings (SSSR count). The number of rotatable bonds is 2. The molecule has 0 N–H and O–H groups in total. The maximum Gasteiger partial charge on any atom is 0.0844 e. The first-order chi connectivity index (χ1) is 3.42.